The third-order valence-corrected chi connectivity index (χ3v) is 1.44. The molecule has 0 saturated heterocycles. The van der Waals surface area contributed by atoms with E-state index in [4.69, 9.17) is 0 Å². The van der Waals surface area contributed by atoms with Gasteiger partial charge in [0.25, 0.3) is 0 Å². The number of hydrogen-bond donors (Lipinski definition) is 2. The fraction of sp³-hybridized carbons (Fsp3) is 0.143. The molecule has 0 spiro atoms. The molecule has 0 fully saturated rings. The highest BCUT2D eigenvalue weighted by Crippen LogP contribution is 2.13. The van der Waals surface area contributed by atoms with Gasteiger partial charge in [0.05, 0.1) is 0 Å². The number of hydrogen-bond acceptors (Lipinski definition) is 3. The zero-order valence-electron chi connectivity index (χ0n) is 5.39. The lowest BCUT2D eigenvalue weighted by molar-refractivity contribution is 0.777. The molecule has 1 aromatic rings. The average Bonchev–Trinajstić information content (AvgIpc) is 2.05. The van der Waals surface area contributed by atoms with Crippen LogP contribution in [0.3, 0.4) is 0 Å². The van der Waals surface area contributed by atoms with Crippen molar-refractivity contribution >= 4 is 5.82 Å². The topological polar surface area (TPSA) is 37.0 Å². The summed E-state index contributed by atoms with van der Waals surface area (Å²) in [5.41, 5.74) is 1.18. The SMILES string of the molecule is [C]1NCc2cccnc2N1. The normalized spacial score (nSPS) is 15.6. The molecule has 1 aliphatic rings. The molecule has 3 heteroatoms. The molecule has 3 nitrogen and oxygen atoms in total. The monoisotopic (exact) mass is 133 g/mol. The van der Waals surface area contributed by atoms with Crippen LogP contribution < -0.4 is 10.6 Å². The van der Waals surface area contributed by atoms with Gasteiger partial charge in [-0.25, -0.2) is 4.98 Å². The second kappa shape index (κ2) is 2.27. The molecular weight excluding hydrogens is 126 g/mol. The van der Waals surface area contributed by atoms with Crippen LogP contribution in [0.2, 0.25) is 0 Å². The van der Waals surface area contributed by atoms with Crippen LogP contribution in [-0.4, -0.2) is 4.98 Å². The molecule has 2 N–H and O–H groups in total. The first-order valence-electron chi connectivity index (χ1n) is 3.14. The summed E-state index contributed by atoms with van der Waals surface area (Å²) in [6.07, 6.45) is 1.76. The summed E-state index contributed by atoms with van der Waals surface area (Å²) < 4.78 is 0. The highest BCUT2D eigenvalue weighted by Gasteiger charge is 2.06. The van der Waals surface area contributed by atoms with Gasteiger partial charge in [-0.1, -0.05) is 6.07 Å². The minimum Gasteiger partial charge on any atom is -0.345 e. The minimum absolute atomic E-state index is 0.816. The molecule has 2 heterocycles. The molecule has 1 aliphatic heterocycles. The van der Waals surface area contributed by atoms with Crippen LogP contribution in [0.25, 0.3) is 0 Å². The van der Waals surface area contributed by atoms with E-state index < -0.39 is 0 Å². The highest BCUT2D eigenvalue weighted by atomic mass is 15.1. The molecule has 0 aliphatic carbocycles. The fourth-order valence-electron chi connectivity index (χ4n) is 0.937. The van der Waals surface area contributed by atoms with Crippen LogP contribution in [0, 0.1) is 6.67 Å². The lowest BCUT2D eigenvalue weighted by Crippen LogP contribution is -2.22. The van der Waals surface area contributed by atoms with Gasteiger partial charge in [0.1, 0.15) is 5.82 Å². The second-order valence-corrected chi connectivity index (χ2v) is 2.11. The van der Waals surface area contributed by atoms with Crippen molar-refractivity contribution in [2.75, 3.05) is 5.32 Å². The summed E-state index contributed by atoms with van der Waals surface area (Å²) in [5, 5.41) is 5.83. The van der Waals surface area contributed by atoms with E-state index in [2.05, 4.69) is 22.3 Å². The van der Waals surface area contributed by atoms with Crippen LogP contribution >= 0.6 is 0 Å². The predicted octanol–water partition coefficient (Wildman–Crippen LogP) is 0.593. The van der Waals surface area contributed by atoms with Gasteiger partial charge in [-0.15, -0.1) is 0 Å². The Kier molecular flexibility index (Phi) is 1.29. The van der Waals surface area contributed by atoms with Gasteiger partial charge in [-0.2, -0.15) is 0 Å². The Labute approximate surface area is 59.5 Å². The van der Waals surface area contributed by atoms with Crippen LogP contribution in [0.4, 0.5) is 5.82 Å². The van der Waals surface area contributed by atoms with E-state index in [0.29, 0.717) is 0 Å². The van der Waals surface area contributed by atoms with E-state index in [1.807, 2.05) is 12.1 Å². The number of pyridine rings is 1. The maximum Gasteiger partial charge on any atom is 0.173 e. The van der Waals surface area contributed by atoms with E-state index in [1.54, 1.807) is 6.20 Å². The van der Waals surface area contributed by atoms with Crippen molar-refractivity contribution in [1.82, 2.24) is 10.3 Å². The summed E-state index contributed by atoms with van der Waals surface area (Å²) in [4.78, 5) is 4.11. The van der Waals surface area contributed by atoms with Crippen molar-refractivity contribution in [3.63, 3.8) is 0 Å². The van der Waals surface area contributed by atoms with Gasteiger partial charge in [-0.3, -0.25) is 5.32 Å². The fourth-order valence-corrected chi connectivity index (χ4v) is 0.937. The molecule has 0 bridgehead atoms. The Morgan fingerprint density at radius 3 is 3.50 bits per heavy atom. The Morgan fingerprint density at radius 2 is 2.60 bits per heavy atom. The largest absolute Gasteiger partial charge is 0.345 e. The molecule has 0 aromatic carbocycles. The lowest BCUT2D eigenvalue weighted by atomic mass is 10.2. The Hall–Kier alpha value is -1.09. The summed E-state index contributed by atoms with van der Waals surface area (Å²) in [7, 11) is 0. The third kappa shape index (κ3) is 0.844. The first-order valence-corrected chi connectivity index (χ1v) is 3.14. The molecular formula is C7H7N3. The number of fused-ring (bicyclic) bond motifs is 1. The second-order valence-electron chi connectivity index (χ2n) is 2.11. The molecule has 0 amide bonds. The van der Waals surface area contributed by atoms with Crippen LogP contribution in [0.1, 0.15) is 5.56 Å². The van der Waals surface area contributed by atoms with E-state index in [9.17, 15) is 0 Å². The summed E-state index contributed by atoms with van der Waals surface area (Å²) in [6, 6.07) is 3.96. The van der Waals surface area contributed by atoms with Gasteiger partial charge in [0.15, 0.2) is 6.67 Å². The summed E-state index contributed by atoms with van der Waals surface area (Å²) >= 11 is 0. The smallest absolute Gasteiger partial charge is 0.173 e. The molecule has 0 saturated carbocycles. The van der Waals surface area contributed by atoms with Crippen molar-refractivity contribution in [2.45, 2.75) is 6.54 Å². The van der Waals surface area contributed by atoms with Crippen LogP contribution in [0.15, 0.2) is 18.3 Å². The van der Waals surface area contributed by atoms with Crippen LogP contribution in [0.5, 0.6) is 0 Å². The molecule has 50 valence electrons. The molecule has 0 unspecified atom stereocenters. The van der Waals surface area contributed by atoms with Gasteiger partial charge in [0, 0.05) is 18.3 Å². The van der Waals surface area contributed by atoms with Crippen LogP contribution in [-0.2, 0) is 6.54 Å². The molecule has 0 atom stereocenters. The maximum atomic E-state index is 4.11. The number of nitrogens with one attached hydrogen (secondary N) is 2. The van der Waals surface area contributed by atoms with Gasteiger partial charge in [0.2, 0.25) is 0 Å². The van der Waals surface area contributed by atoms with E-state index in [0.717, 1.165) is 12.4 Å². The maximum absolute atomic E-state index is 4.11. The Bertz CT molecular complexity index is 209. The van der Waals surface area contributed by atoms with Gasteiger partial charge in [-0.05, 0) is 6.07 Å². The van der Waals surface area contributed by atoms with Crippen molar-refractivity contribution in [3.05, 3.63) is 30.6 Å². The van der Waals surface area contributed by atoms with Crippen molar-refractivity contribution < 1.29 is 0 Å². The Balaban J connectivity index is 2.41. The summed E-state index contributed by atoms with van der Waals surface area (Å²) in [6.45, 7) is 3.59. The quantitative estimate of drug-likeness (QED) is 0.544. The average molecular weight is 133 g/mol. The van der Waals surface area contributed by atoms with E-state index in [1.165, 1.54) is 5.56 Å². The molecule has 2 radical (unpaired) electrons. The lowest BCUT2D eigenvalue weighted by Gasteiger charge is -2.15. The zero-order chi connectivity index (χ0) is 6.81. The van der Waals surface area contributed by atoms with E-state index >= 15 is 0 Å². The van der Waals surface area contributed by atoms with Crippen molar-refractivity contribution in [3.8, 4) is 0 Å². The Morgan fingerprint density at radius 1 is 1.60 bits per heavy atom. The number of anilines is 1. The zero-order valence-corrected chi connectivity index (χ0v) is 5.39. The summed E-state index contributed by atoms with van der Waals surface area (Å²) in [5.74, 6) is 0.904. The first-order chi connectivity index (χ1) is 4.97. The standard InChI is InChI=1S/C7H7N3/c1-2-6-4-8-5-10-7(6)9-3-1/h1-3,8H,4H2,(H,9,10). The molecule has 2 rings (SSSR count). The van der Waals surface area contributed by atoms with Gasteiger partial charge < -0.3 is 5.32 Å². The minimum atomic E-state index is 0.816. The number of nitrogens with zero attached hydrogens (tertiary/aromatic N) is 1. The number of rotatable bonds is 0. The molecule has 10 heavy (non-hydrogen) atoms. The molecule has 1 aromatic heterocycles. The van der Waals surface area contributed by atoms with Gasteiger partial charge >= 0.3 is 0 Å². The highest BCUT2D eigenvalue weighted by molar-refractivity contribution is 5.46. The first kappa shape index (κ1) is 5.68. The predicted molar refractivity (Wildman–Crippen MR) is 37.9 cm³/mol. The third-order valence-electron chi connectivity index (χ3n) is 1.44. The van der Waals surface area contributed by atoms with Crippen molar-refractivity contribution in [1.29, 1.82) is 0 Å². The van der Waals surface area contributed by atoms with E-state index in [-0.39, 0.29) is 0 Å². The van der Waals surface area contributed by atoms with Crippen molar-refractivity contribution in [2.24, 2.45) is 0 Å². The number of aromatic nitrogens is 1.